The van der Waals surface area contributed by atoms with Gasteiger partial charge in [0, 0.05) is 12.5 Å². The van der Waals surface area contributed by atoms with E-state index in [1.807, 2.05) is 45.0 Å². The second-order valence-corrected chi connectivity index (χ2v) is 5.72. The molecule has 1 aromatic rings. The number of methoxy groups -OCH3 is 1. The molecule has 1 amide bonds. The van der Waals surface area contributed by atoms with Crippen molar-refractivity contribution in [1.82, 2.24) is 5.32 Å². The van der Waals surface area contributed by atoms with E-state index in [4.69, 9.17) is 15.2 Å². The minimum Gasteiger partial charge on any atom is -0.493 e. The van der Waals surface area contributed by atoms with Crippen LogP contribution in [0.2, 0.25) is 0 Å². The van der Waals surface area contributed by atoms with Gasteiger partial charge in [0.15, 0.2) is 11.5 Å². The number of benzene rings is 1. The van der Waals surface area contributed by atoms with Crippen molar-refractivity contribution >= 4 is 5.91 Å². The van der Waals surface area contributed by atoms with E-state index in [-0.39, 0.29) is 17.7 Å². The minimum absolute atomic E-state index is 0.0986. The summed E-state index contributed by atoms with van der Waals surface area (Å²) in [5, 5.41) is 2.89. The van der Waals surface area contributed by atoms with E-state index < -0.39 is 6.04 Å². The third kappa shape index (κ3) is 5.56. The summed E-state index contributed by atoms with van der Waals surface area (Å²) < 4.78 is 11.0. The Morgan fingerprint density at radius 2 is 1.91 bits per heavy atom. The number of nitrogens with one attached hydrogen (secondary N) is 1. The molecule has 1 rings (SSSR count). The summed E-state index contributed by atoms with van der Waals surface area (Å²) in [6.07, 6.45) is 0.890. The number of carbonyl (C=O) groups is 1. The molecule has 0 aliphatic rings. The fraction of sp³-hybridized carbons (Fsp3) is 0.588. The molecule has 0 radical (unpaired) electrons. The van der Waals surface area contributed by atoms with Crippen LogP contribution < -0.4 is 20.5 Å². The second kappa shape index (κ2) is 9.30. The highest BCUT2D eigenvalue weighted by molar-refractivity contribution is 5.81. The Balaban J connectivity index is 2.37. The lowest BCUT2D eigenvalue weighted by Crippen LogP contribution is -2.46. The van der Waals surface area contributed by atoms with Crippen LogP contribution in [0, 0.1) is 11.8 Å². The monoisotopic (exact) mass is 308 g/mol. The molecule has 0 aliphatic carbocycles. The molecule has 0 bridgehead atoms. The summed E-state index contributed by atoms with van der Waals surface area (Å²) in [6.45, 7) is 7.07. The Kier molecular flexibility index (Phi) is 7.74. The summed E-state index contributed by atoms with van der Waals surface area (Å²) in [5.41, 5.74) is 5.90. The van der Waals surface area contributed by atoms with Gasteiger partial charge in [0.2, 0.25) is 5.91 Å². The predicted octanol–water partition coefficient (Wildman–Crippen LogP) is 2.20. The first-order valence-electron chi connectivity index (χ1n) is 7.78. The highest BCUT2D eigenvalue weighted by Gasteiger charge is 2.19. The normalized spacial score (nSPS) is 14.8. The SMILES string of the molecule is CCC(C)C(N)C(=O)NCC(C)COc1ccccc1OC. The lowest BCUT2D eigenvalue weighted by molar-refractivity contribution is -0.123. The Labute approximate surface area is 133 Å². The van der Waals surface area contributed by atoms with E-state index in [0.717, 1.165) is 6.42 Å². The predicted molar refractivity (Wildman–Crippen MR) is 88.1 cm³/mol. The lowest BCUT2D eigenvalue weighted by Gasteiger charge is -2.20. The van der Waals surface area contributed by atoms with Crippen molar-refractivity contribution in [3.05, 3.63) is 24.3 Å². The highest BCUT2D eigenvalue weighted by atomic mass is 16.5. The van der Waals surface area contributed by atoms with Crippen molar-refractivity contribution in [2.24, 2.45) is 17.6 Å². The van der Waals surface area contributed by atoms with Gasteiger partial charge in [0.1, 0.15) is 0 Å². The van der Waals surface area contributed by atoms with Gasteiger partial charge in [-0.15, -0.1) is 0 Å². The number of nitrogens with two attached hydrogens (primary N) is 1. The van der Waals surface area contributed by atoms with Crippen LogP contribution >= 0.6 is 0 Å². The molecule has 22 heavy (non-hydrogen) atoms. The highest BCUT2D eigenvalue weighted by Crippen LogP contribution is 2.26. The summed E-state index contributed by atoms with van der Waals surface area (Å²) in [7, 11) is 1.61. The van der Waals surface area contributed by atoms with E-state index >= 15 is 0 Å². The largest absolute Gasteiger partial charge is 0.493 e. The number of hydrogen-bond acceptors (Lipinski definition) is 4. The average Bonchev–Trinajstić information content (AvgIpc) is 2.56. The van der Waals surface area contributed by atoms with Gasteiger partial charge < -0.3 is 20.5 Å². The van der Waals surface area contributed by atoms with Gasteiger partial charge >= 0.3 is 0 Å². The summed E-state index contributed by atoms with van der Waals surface area (Å²) in [4.78, 5) is 11.9. The van der Waals surface area contributed by atoms with Crippen molar-refractivity contribution in [2.75, 3.05) is 20.3 Å². The van der Waals surface area contributed by atoms with Crippen LogP contribution in [0.25, 0.3) is 0 Å². The van der Waals surface area contributed by atoms with Gasteiger partial charge in [-0.25, -0.2) is 0 Å². The molecule has 5 heteroatoms. The van der Waals surface area contributed by atoms with Gasteiger partial charge in [-0.2, -0.15) is 0 Å². The van der Waals surface area contributed by atoms with Crippen LogP contribution in [0.4, 0.5) is 0 Å². The first-order valence-corrected chi connectivity index (χ1v) is 7.78. The van der Waals surface area contributed by atoms with E-state index in [9.17, 15) is 4.79 Å². The van der Waals surface area contributed by atoms with Crippen LogP contribution in [0.15, 0.2) is 24.3 Å². The van der Waals surface area contributed by atoms with E-state index in [1.54, 1.807) is 7.11 Å². The van der Waals surface area contributed by atoms with Crippen molar-refractivity contribution < 1.29 is 14.3 Å². The van der Waals surface area contributed by atoms with Crippen molar-refractivity contribution in [3.63, 3.8) is 0 Å². The van der Waals surface area contributed by atoms with E-state index in [0.29, 0.717) is 24.7 Å². The Hall–Kier alpha value is -1.75. The zero-order valence-corrected chi connectivity index (χ0v) is 14.0. The lowest BCUT2D eigenvalue weighted by atomic mass is 9.99. The molecule has 0 aromatic heterocycles. The summed E-state index contributed by atoms with van der Waals surface area (Å²) in [6, 6.07) is 7.06. The molecule has 0 saturated carbocycles. The second-order valence-electron chi connectivity index (χ2n) is 5.72. The van der Waals surface area contributed by atoms with Gasteiger partial charge in [-0.3, -0.25) is 4.79 Å². The number of para-hydroxylation sites is 2. The molecule has 0 heterocycles. The Morgan fingerprint density at radius 3 is 2.50 bits per heavy atom. The molecule has 3 atom stereocenters. The molecule has 124 valence electrons. The zero-order chi connectivity index (χ0) is 16.5. The molecule has 1 aromatic carbocycles. The maximum Gasteiger partial charge on any atom is 0.237 e. The number of hydrogen-bond donors (Lipinski definition) is 2. The first kappa shape index (κ1) is 18.3. The molecular formula is C17H28N2O3. The Bertz CT molecular complexity index is 465. The van der Waals surface area contributed by atoms with Crippen molar-refractivity contribution in [2.45, 2.75) is 33.2 Å². The van der Waals surface area contributed by atoms with E-state index in [2.05, 4.69) is 5.32 Å². The van der Waals surface area contributed by atoms with Crippen LogP contribution in [0.5, 0.6) is 11.5 Å². The number of ether oxygens (including phenoxy) is 2. The van der Waals surface area contributed by atoms with E-state index in [1.165, 1.54) is 0 Å². The number of amides is 1. The van der Waals surface area contributed by atoms with Crippen LogP contribution in [0.1, 0.15) is 27.2 Å². The van der Waals surface area contributed by atoms with Gasteiger partial charge in [-0.05, 0) is 18.1 Å². The smallest absolute Gasteiger partial charge is 0.237 e. The minimum atomic E-state index is -0.452. The molecule has 0 saturated heterocycles. The standard InChI is InChI=1S/C17H28N2O3/c1-5-13(3)16(18)17(20)19-10-12(2)11-22-15-9-7-6-8-14(15)21-4/h6-9,12-13,16H,5,10-11,18H2,1-4H3,(H,19,20). The van der Waals surface area contributed by atoms with Gasteiger partial charge in [0.05, 0.1) is 19.8 Å². The van der Waals surface area contributed by atoms with Crippen LogP contribution in [0.3, 0.4) is 0 Å². The topological polar surface area (TPSA) is 73.6 Å². The zero-order valence-electron chi connectivity index (χ0n) is 14.0. The molecule has 0 fully saturated rings. The molecule has 3 N–H and O–H groups in total. The fourth-order valence-corrected chi connectivity index (χ4v) is 1.93. The Morgan fingerprint density at radius 1 is 1.27 bits per heavy atom. The first-order chi connectivity index (χ1) is 10.5. The van der Waals surface area contributed by atoms with Crippen molar-refractivity contribution in [1.29, 1.82) is 0 Å². The van der Waals surface area contributed by atoms with Crippen molar-refractivity contribution in [3.8, 4) is 11.5 Å². The third-order valence-electron chi connectivity index (χ3n) is 3.78. The molecule has 3 unspecified atom stereocenters. The molecular weight excluding hydrogens is 280 g/mol. The maximum absolute atomic E-state index is 11.9. The maximum atomic E-state index is 11.9. The average molecular weight is 308 g/mol. The van der Waals surface area contributed by atoms with Gasteiger partial charge in [-0.1, -0.05) is 39.3 Å². The number of carbonyl (C=O) groups excluding carboxylic acids is 1. The van der Waals surface area contributed by atoms with Gasteiger partial charge in [0.25, 0.3) is 0 Å². The fourth-order valence-electron chi connectivity index (χ4n) is 1.93. The molecule has 0 aliphatic heterocycles. The van der Waals surface area contributed by atoms with Crippen LogP contribution in [-0.4, -0.2) is 32.2 Å². The summed E-state index contributed by atoms with van der Waals surface area (Å²) in [5.74, 6) is 1.67. The summed E-state index contributed by atoms with van der Waals surface area (Å²) >= 11 is 0. The number of rotatable bonds is 9. The third-order valence-corrected chi connectivity index (χ3v) is 3.78. The molecule has 5 nitrogen and oxygen atoms in total. The quantitative estimate of drug-likeness (QED) is 0.733. The molecule has 0 spiro atoms. The van der Waals surface area contributed by atoms with Crippen LogP contribution in [-0.2, 0) is 4.79 Å².